The average molecular weight is 360 g/mol. The van der Waals surface area contributed by atoms with Crippen molar-refractivity contribution in [1.82, 2.24) is 16.0 Å². The normalized spacial score (nSPS) is 46.0. The number of carbonyl (C=O) groups excluding carboxylic acids is 2. The highest BCUT2D eigenvalue weighted by Crippen LogP contribution is 2.46. The molecular formula is C21H33N3O2. The van der Waals surface area contributed by atoms with Gasteiger partial charge in [0.25, 0.3) is 0 Å². The van der Waals surface area contributed by atoms with Crippen LogP contribution in [0.1, 0.15) is 64.2 Å². The summed E-state index contributed by atoms with van der Waals surface area (Å²) in [4.78, 5) is 26.0. The fourth-order valence-corrected chi connectivity index (χ4v) is 6.90. The molecule has 26 heavy (non-hydrogen) atoms. The summed E-state index contributed by atoms with van der Waals surface area (Å²) in [6.45, 7) is 1.48. The molecule has 0 spiro atoms. The first-order chi connectivity index (χ1) is 12.6. The van der Waals surface area contributed by atoms with Crippen LogP contribution in [-0.2, 0) is 9.59 Å². The van der Waals surface area contributed by atoms with Crippen LogP contribution in [0.15, 0.2) is 0 Å². The van der Waals surface area contributed by atoms with E-state index in [-0.39, 0.29) is 11.8 Å². The Morgan fingerprint density at radius 2 is 1.54 bits per heavy atom. The third kappa shape index (κ3) is 2.96. The van der Waals surface area contributed by atoms with Crippen molar-refractivity contribution in [3.63, 3.8) is 0 Å². The van der Waals surface area contributed by atoms with Gasteiger partial charge in [0.2, 0.25) is 11.8 Å². The van der Waals surface area contributed by atoms with E-state index in [2.05, 4.69) is 16.0 Å². The minimum absolute atomic E-state index is 0.0920. The first-order valence-electron chi connectivity index (χ1n) is 10.9. The first kappa shape index (κ1) is 17.0. The summed E-state index contributed by atoms with van der Waals surface area (Å²) in [6.07, 6.45) is 11.2. The zero-order valence-corrected chi connectivity index (χ0v) is 15.8. The number of carbonyl (C=O) groups is 2. The number of rotatable bonds is 5. The molecule has 0 aromatic carbocycles. The van der Waals surface area contributed by atoms with E-state index in [1.165, 1.54) is 38.5 Å². The molecule has 4 bridgehead atoms. The molecule has 4 aliphatic carbocycles. The highest BCUT2D eigenvalue weighted by Gasteiger charge is 2.47. The quantitative estimate of drug-likeness (QED) is 0.703. The molecule has 5 nitrogen and oxygen atoms in total. The van der Waals surface area contributed by atoms with Crippen molar-refractivity contribution in [2.24, 2.45) is 29.1 Å². The Morgan fingerprint density at radius 3 is 2.04 bits per heavy atom. The van der Waals surface area contributed by atoms with Crippen LogP contribution in [0.2, 0.25) is 0 Å². The first-order valence-corrected chi connectivity index (χ1v) is 10.9. The Labute approximate surface area is 156 Å². The van der Waals surface area contributed by atoms with Crippen LogP contribution < -0.4 is 16.0 Å². The lowest BCUT2D eigenvalue weighted by Gasteiger charge is -2.32. The molecule has 4 saturated carbocycles. The van der Waals surface area contributed by atoms with Crippen molar-refractivity contribution in [1.29, 1.82) is 0 Å². The standard InChI is InChI=1S/C21H33N3O2/c25-19(23-17-9-13-1-3-15(17)7-13)11-21(5-6-22-12-21)20(26)24-18-10-14-2-4-16(18)8-14/h13-18,22H,1-12H2,(H,23,25)(H,24,26). The fraction of sp³-hybridized carbons (Fsp3) is 0.905. The summed E-state index contributed by atoms with van der Waals surface area (Å²) in [5, 5.41) is 9.99. The predicted molar refractivity (Wildman–Crippen MR) is 99.3 cm³/mol. The van der Waals surface area contributed by atoms with Crippen LogP contribution in [0.3, 0.4) is 0 Å². The van der Waals surface area contributed by atoms with E-state index in [1.54, 1.807) is 0 Å². The molecule has 0 aromatic rings. The lowest BCUT2D eigenvalue weighted by Crippen LogP contribution is -2.51. The zero-order valence-electron chi connectivity index (χ0n) is 15.8. The van der Waals surface area contributed by atoms with Crippen molar-refractivity contribution in [3.8, 4) is 0 Å². The van der Waals surface area contributed by atoms with E-state index in [1.807, 2.05) is 0 Å². The Morgan fingerprint density at radius 1 is 0.885 bits per heavy atom. The van der Waals surface area contributed by atoms with Crippen LogP contribution in [0.5, 0.6) is 0 Å². The molecule has 5 rings (SSSR count). The molecule has 5 heteroatoms. The highest BCUT2D eigenvalue weighted by atomic mass is 16.2. The maximum absolute atomic E-state index is 13.2. The molecule has 1 heterocycles. The average Bonchev–Trinajstić information content (AvgIpc) is 3.41. The minimum atomic E-state index is -0.538. The summed E-state index contributed by atoms with van der Waals surface area (Å²) in [5.74, 6) is 3.23. The smallest absolute Gasteiger partial charge is 0.228 e. The SMILES string of the molecule is O=C(CC1(C(=O)NC2CC3CCC2C3)CCNC1)NC1CC2CCC1C2. The van der Waals surface area contributed by atoms with Crippen LogP contribution >= 0.6 is 0 Å². The predicted octanol–water partition coefficient (Wildman–Crippen LogP) is 1.97. The second kappa shape index (κ2) is 6.50. The Bertz CT molecular complexity index is 586. The number of fused-ring (bicyclic) bond motifs is 4. The highest BCUT2D eigenvalue weighted by molar-refractivity contribution is 5.90. The summed E-state index contributed by atoms with van der Waals surface area (Å²) in [6, 6.07) is 0.716. The maximum Gasteiger partial charge on any atom is 0.228 e. The molecule has 3 N–H and O–H groups in total. The monoisotopic (exact) mass is 359 g/mol. The molecule has 5 fully saturated rings. The molecule has 0 aromatic heterocycles. The lowest BCUT2D eigenvalue weighted by molar-refractivity contribution is -0.136. The van der Waals surface area contributed by atoms with Gasteiger partial charge in [0.05, 0.1) is 5.41 Å². The number of nitrogens with one attached hydrogen (secondary N) is 3. The van der Waals surface area contributed by atoms with Crippen molar-refractivity contribution < 1.29 is 9.59 Å². The van der Waals surface area contributed by atoms with Crippen molar-refractivity contribution >= 4 is 11.8 Å². The topological polar surface area (TPSA) is 70.2 Å². The van der Waals surface area contributed by atoms with E-state index in [9.17, 15) is 9.59 Å². The molecule has 5 aliphatic rings. The van der Waals surface area contributed by atoms with Crippen molar-refractivity contribution in [3.05, 3.63) is 0 Å². The van der Waals surface area contributed by atoms with Gasteiger partial charge in [-0.1, -0.05) is 12.8 Å². The van der Waals surface area contributed by atoms with E-state index in [0.717, 1.165) is 37.6 Å². The van der Waals surface area contributed by atoms with Gasteiger partial charge >= 0.3 is 0 Å². The summed E-state index contributed by atoms with van der Waals surface area (Å²) in [7, 11) is 0. The van der Waals surface area contributed by atoms with Gasteiger partial charge in [-0.3, -0.25) is 9.59 Å². The molecular weight excluding hydrogens is 326 g/mol. The molecule has 1 saturated heterocycles. The third-order valence-electron chi connectivity index (χ3n) is 8.36. The van der Waals surface area contributed by atoms with E-state index in [4.69, 9.17) is 0 Å². The Kier molecular flexibility index (Phi) is 4.26. The largest absolute Gasteiger partial charge is 0.353 e. The molecule has 0 radical (unpaired) electrons. The number of amides is 2. The van der Waals surface area contributed by atoms with Gasteiger partial charge in [0, 0.05) is 25.0 Å². The minimum Gasteiger partial charge on any atom is -0.353 e. The zero-order chi connectivity index (χ0) is 17.7. The summed E-state index contributed by atoms with van der Waals surface area (Å²) in [5.41, 5.74) is -0.538. The van der Waals surface area contributed by atoms with Gasteiger partial charge in [-0.05, 0) is 75.2 Å². The van der Waals surface area contributed by atoms with Gasteiger partial charge in [-0.2, -0.15) is 0 Å². The van der Waals surface area contributed by atoms with Gasteiger partial charge in [-0.25, -0.2) is 0 Å². The lowest BCUT2D eigenvalue weighted by atomic mass is 9.81. The van der Waals surface area contributed by atoms with Gasteiger partial charge in [-0.15, -0.1) is 0 Å². The van der Waals surface area contributed by atoms with Crippen molar-refractivity contribution in [2.75, 3.05) is 13.1 Å². The van der Waals surface area contributed by atoms with Crippen LogP contribution in [0, 0.1) is 29.1 Å². The van der Waals surface area contributed by atoms with E-state index >= 15 is 0 Å². The maximum atomic E-state index is 13.2. The summed E-state index contributed by atoms with van der Waals surface area (Å²) >= 11 is 0. The van der Waals surface area contributed by atoms with Crippen LogP contribution in [0.4, 0.5) is 0 Å². The number of hydrogen-bond acceptors (Lipinski definition) is 3. The fourth-order valence-electron chi connectivity index (χ4n) is 6.90. The Balaban J connectivity index is 1.21. The number of hydrogen-bond donors (Lipinski definition) is 3. The molecule has 1 aliphatic heterocycles. The molecule has 144 valence electrons. The molecule has 7 atom stereocenters. The van der Waals surface area contributed by atoms with Crippen LogP contribution in [0.25, 0.3) is 0 Å². The van der Waals surface area contributed by atoms with E-state index in [0.29, 0.717) is 36.9 Å². The van der Waals surface area contributed by atoms with E-state index < -0.39 is 5.41 Å². The van der Waals surface area contributed by atoms with Gasteiger partial charge < -0.3 is 16.0 Å². The van der Waals surface area contributed by atoms with Gasteiger partial charge in [0.15, 0.2) is 0 Å². The second-order valence-corrected chi connectivity index (χ2v) is 9.99. The second-order valence-electron chi connectivity index (χ2n) is 9.99. The molecule has 2 amide bonds. The van der Waals surface area contributed by atoms with Crippen LogP contribution in [-0.4, -0.2) is 37.0 Å². The van der Waals surface area contributed by atoms with Crippen molar-refractivity contribution in [2.45, 2.75) is 76.3 Å². The Hall–Kier alpha value is -1.10. The van der Waals surface area contributed by atoms with Gasteiger partial charge in [0.1, 0.15) is 0 Å². The summed E-state index contributed by atoms with van der Waals surface area (Å²) < 4.78 is 0. The third-order valence-corrected chi connectivity index (χ3v) is 8.36. The molecule has 7 unspecified atom stereocenters.